The van der Waals surface area contributed by atoms with Crippen molar-refractivity contribution in [2.45, 2.75) is 33.1 Å². The molecule has 1 aromatic carbocycles. The number of benzene rings is 1. The molecule has 0 atom stereocenters. The summed E-state index contributed by atoms with van der Waals surface area (Å²) in [7, 11) is 3.42. The van der Waals surface area contributed by atoms with Crippen LogP contribution in [0, 0.1) is 6.92 Å². The number of carbonyl (C=O) groups is 1. The lowest BCUT2D eigenvalue weighted by molar-refractivity contribution is 0.0992. The first-order valence-electron chi connectivity index (χ1n) is 6.18. The zero-order chi connectivity index (χ0) is 13.9. The second kappa shape index (κ2) is 5.53. The molecule has 1 N–H and O–H groups in total. The SMILES string of the molecule is CNCC(=O)c1cc(OC)c(C(C)(C)C)cc1C. The number of nitrogens with one attached hydrogen (secondary N) is 1. The molecular formula is C15H23NO2. The summed E-state index contributed by atoms with van der Waals surface area (Å²) in [5, 5.41) is 2.89. The van der Waals surface area contributed by atoms with Gasteiger partial charge in [0.15, 0.2) is 5.78 Å². The number of ketones is 1. The van der Waals surface area contributed by atoms with Gasteiger partial charge >= 0.3 is 0 Å². The zero-order valence-electron chi connectivity index (χ0n) is 12.2. The van der Waals surface area contributed by atoms with Crippen LogP contribution in [0.2, 0.25) is 0 Å². The van der Waals surface area contributed by atoms with Crippen LogP contribution in [-0.4, -0.2) is 26.5 Å². The Kier molecular flexibility index (Phi) is 4.52. The molecule has 0 aliphatic heterocycles. The molecule has 100 valence electrons. The van der Waals surface area contributed by atoms with Crippen LogP contribution in [0.3, 0.4) is 0 Å². The Morgan fingerprint density at radius 2 is 1.94 bits per heavy atom. The molecule has 18 heavy (non-hydrogen) atoms. The Labute approximate surface area is 110 Å². The number of aryl methyl sites for hydroxylation is 1. The third-order valence-electron chi connectivity index (χ3n) is 2.99. The van der Waals surface area contributed by atoms with Crippen molar-refractivity contribution in [3.8, 4) is 5.75 Å². The van der Waals surface area contributed by atoms with E-state index in [2.05, 4.69) is 32.2 Å². The third-order valence-corrected chi connectivity index (χ3v) is 2.99. The van der Waals surface area contributed by atoms with Gasteiger partial charge in [-0.1, -0.05) is 26.8 Å². The van der Waals surface area contributed by atoms with Gasteiger partial charge in [0.05, 0.1) is 13.7 Å². The standard InChI is InChI=1S/C15H23NO2/c1-10-7-12(15(2,3)4)14(18-6)8-11(10)13(17)9-16-5/h7-8,16H,9H2,1-6H3. The topological polar surface area (TPSA) is 38.3 Å². The molecule has 0 aliphatic carbocycles. The van der Waals surface area contributed by atoms with Gasteiger partial charge < -0.3 is 10.1 Å². The summed E-state index contributed by atoms with van der Waals surface area (Å²) in [6.45, 7) is 8.73. The molecule has 0 heterocycles. The van der Waals surface area contributed by atoms with Crippen molar-refractivity contribution in [3.05, 3.63) is 28.8 Å². The lowest BCUT2D eigenvalue weighted by atomic mass is 9.84. The minimum absolute atomic E-state index is 0.000682. The minimum atomic E-state index is 0.000682. The quantitative estimate of drug-likeness (QED) is 0.834. The molecule has 0 saturated heterocycles. The predicted molar refractivity (Wildman–Crippen MR) is 74.7 cm³/mol. The molecular weight excluding hydrogens is 226 g/mol. The van der Waals surface area contributed by atoms with E-state index in [4.69, 9.17) is 4.74 Å². The smallest absolute Gasteiger partial charge is 0.176 e. The summed E-state index contributed by atoms with van der Waals surface area (Å²) in [5.41, 5.74) is 2.86. The third kappa shape index (κ3) is 3.10. The Morgan fingerprint density at radius 1 is 1.33 bits per heavy atom. The van der Waals surface area contributed by atoms with Crippen LogP contribution in [0.1, 0.15) is 42.3 Å². The average molecular weight is 249 g/mol. The Hall–Kier alpha value is -1.35. The molecule has 3 heteroatoms. The molecule has 0 aliphatic rings. The van der Waals surface area contributed by atoms with Gasteiger partial charge in [-0.25, -0.2) is 0 Å². The van der Waals surface area contributed by atoms with Crippen molar-refractivity contribution >= 4 is 5.78 Å². The van der Waals surface area contributed by atoms with E-state index in [-0.39, 0.29) is 11.2 Å². The zero-order valence-corrected chi connectivity index (χ0v) is 12.2. The number of ether oxygens (including phenoxy) is 1. The lowest BCUT2D eigenvalue weighted by Crippen LogP contribution is -2.20. The first-order chi connectivity index (χ1) is 8.31. The van der Waals surface area contributed by atoms with Crippen LogP contribution in [0.4, 0.5) is 0 Å². The minimum Gasteiger partial charge on any atom is -0.496 e. The van der Waals surface area contributed by atoms with Crippen LogP contribution < -0.4 is 10.1 Å². The van der Waals surface area contributed by atoms with Crippen molar-refractivity contribution in [3.63, 3.8) is 0 Å². The number of carbonyl (C=O) groups excluding carboxylic acids is 1. The fraction of sp³-hybridized carbons (Fsp3) is 0.533. The maximum atomic E-state index is 12.0. The van der Waals surface area contributed by atoms with E-state index in [1.54, 1.807) is 14.2 Å². The number of methoxy groups -OCH3 is 1. The van der Waals surface area contributed by atoms with Gasteiger partial charge in [0.2, 0.25) is 0 Å². The second-order valence-electron chi connectivity index (χ2n) is 5.57. The van der Waals surface area contributed by atoms with Crippen molar-refractivity contribution in [1.29, 1.82) is 0 Å². The van der Waals surface area contributed by atoms with Gasteiger partial charge in [0, 0.05) is 5.56 Å². The van der Waals surface area contributed by atoms with Gasteiger partial charge in [-0.15, -0.1) is 0 Å². The number of hydrogen-bond acceptors (Lipinski definition) is 3. The maximum absolute atomic E-state index is 12.0. The van der Waals surface area contributed by atoms with Crippen molar-refractivity contribution in [1.82, 2.24) is 5.32 Å². The van der Waals surface area contributed by atoms with Gasteiger partial charge in [0.25, 0.3) is 0 Å². The molecule has 0 aromatic heterocycles. The molecule has 0 amide bonds. The van der Waals surface area contributed by atoms with E-state index in [0.717, 1.165) is 22.4 Å². The molecule has 0 unspecified atom stereocenters. The highest BCUT2D eigenvalue weighted by molar-refractivity contribution is 5.99. The fourth-order valence-electron chi connectivity index (χ4n) is 2.00. The van der Waals surface area contributed by atoms with Crippen LogP contribution >= 0.6 is 0 Å². The molecule has 1 rings (SSSR count). The Balaban J connectivity index is 3.31. The van der Waals surface area contributed by atoms with Crippen LogP contribution in [-0.2, 0) is 5.41 Å². The van der Waals surface area contributed by atoms with Gasteiger partial charge in [-0.3, -0.25) is 4.79 Å². The largest absolute Gasteiger partial charge is 0.496 e. The van der Waals surface area contributed by atoms with Crippen molar-refractivity contribution in [2.75, 3.05) is 20.7 Å². The number of Topliss-reactive ketones (excluding diaryl/α,β-unsaturated/α-hetero) is 1. The van der Waals surface area contributed by atoms with E-state index in [0.29, 0.717) is 6.54 Å². The first-order valence-corrected chi connectivity index (χ1v) is 6.18. The van der Waals surface area contributed by atoms with Gasteiger partial charge in [-0.2, -0.15) is 0 Å². The van der Waals surface area contributed by atoms with Crippen LogP contribution in [0.25, 0.3) is 0 Å². The summed E-state index contributed by atoms with van der Waals surface area (Å²) in [6, 6.07) is 3.91. The van der Waals surface area contributed by atoms with E-state index in [1.807, 2.05) is 13.0 Å². The summed E-state index contributed by atoms with van der Waals surface area (Å²) in [6.07, 6.45) is 0. The highest BCUT2D eigenvalue weighted by Crippen LogP contribution is 2.33. The monoisotopic (exact) mass is 249 g/mol. The number of hydrogen-bond donors (Lipinski definition) is 1. The molecule has 0 radical (unpaired) electrons. The van der Waals surface area contributed by atoms with E-state index in [1.165, 1.54) is 0 Å². The highest BCUT2D eigenvalue weighted by Gasteiger charge is 2.21. The summed E-state index contributed by atoms with van der Waals surface area (Å²) in [5.74, 6) is 0.876. The number of likely N-dealkylation sites (N-methyl/N-ethyl adjacent to an activating group) is 1. The van der Waals surface area contributed by atoms with Gasteiger partial charge in [-0.05, 0) is 36.6 Å². The molecule has 0 bridgehead atoms. The molecule has 0 fully saturated rings. The second-order valence-corrected chi connectivity index (χ2v) is 5.57. The molecule has 1 aromatic rings. The normalized spacial score (nSPS) is 11.4. The van der Waals surface area contributed by atoms with Gasteiger partial charge in [0.1, 0.15) is 5.75 Å². The predicted octanol–water partition coefficient (Wildman–Crippen LogP) is 2.70. The molecule has 0 saturated carbocycles. The maximum Gasteiger partial charge on any atom is 0.176 e. The first kappa shape index (κ1) is 14.7. The lowest BCUT2D eigenvalue weighted by Gasteiger charge is -2.23. The number of rotatable bonds is 4. The van der Waals surface area contributed by atoms with Crippen molar-refractivity contribution < 1.29 is 9.53 Å². The molecule has 0 spiro atoms. The Bertz CT molecular complexity index is 445. The van der Waals surface area contributed by atoms with E-state index < -0.39 is 0 Å². The fourth-order valence-corrected chi connectivity index (χ4v) is 2.00. The van der Waals surface area contributed by atoms with Crippen LogP contribution in [0.15, 0.2) is 12.1 Å². The van der Waals surface area contributed by atoms with Crippen LogP contribution in [0.5, 0.6) is 5.75 Å². The van der Waals surface area contributed by atoms with Crippen molar-refractivity contribution in [2.24, 2.45) is 0 Å². The highest BCUT2D eigenvalue weighted by atomic mass is 16.5. The summed E-state index contributed by atoms with van der Waals surface area (Å²) >= 11 is 0. The van der Waals surface area contributed by atoms with E-state index >= 15 is 0 Å². The average Bonchev–Trinajstić information content (AvgIpc) is 2.27. The van der Waals surface area contributed by atoms with E-state index in [9.17, 15) is 4.79 Å². The summed E-state index contributed by atoms with van der Waals surface area (Å²) < 4.78 is 5.42. The Morgan fingerprint density at radius 3 is 2.39 bits per heavy atom. The molecule has 3 nitrogen and oxygen atoms in total. The summed E-state index contributed by atoms with van der Waals surface area (Å²) in [4.78, 5) is 12.0.